The molecule has 22 heavy (non-hydrogen) atoms. The molecule has 0 atom stereocenters. The van der Waals surface area contributed by atoms with Crippen molar-refractivity contribution >= 4 is 34.4 Å². The van der Waals surface area contributed by atoms with Crippen molar-refractivity contribution in [3.8, 4) is 0 Å². The highest BCUT2D eigenvalue weighted by Gasteiger charge is 2.10. The summed E-state index contributed by atoms with van der Waals surface area (Å²) in [4.78, 5) is 15.8. The summed E-state index contributed by atoms with van der Waals surface area (Å²) in [5.41, 5.74) is 2.48. The third kappa shape index (κ3) is 3.17. The first kappa shape index (κ1) is 14.3. The summed E-state index contributed by atoms with van der Waals surface area (Å²) in [6.07, 6.45) is 1.46. The number of aryl methyl sites for hydroxylation is 1. The van der Waals surface area contributed by atoms with Crippen molar-refractivity contribution in [2.45, 2.75) is 13.5 Å². The van der Waals surface area contributed by atoms with Crippen LogP contribution in [0.4, 0.5) is 10.6 Å². The van der Waals surface area contributed by atoms with E-state index in [0.29, 0.717) is 22.1 Å². The highest BCUT2D eigenvalue weighted by atomic mass is 35.5. The number of urea groups is 1. The van der Waals surface area contributed by atoms with Gasteiger partial charge < -0.3 is 9.84 Å². The molecule has 1 aromatic carbocycles. The summed E-state index contributed by atoms with van der Waals surface area (Å²) < 4.78 is 5.22. The van der Waals surface area contributed by atoms with Crippen LogP contribution in [-0.4, -0.2) is 16.2 Å². The molecule has 0 aliphatic rings. The van der Waals surface area contributed by atoms with Gasteiger partial charge in [0.05, 0.1) is 11.6 Å². The maximum absolute atomic E-state index is 11.8. The Hall–Kier alpha value is -2.60. The smallest absolute Gasteiger partial charge is 0.320 e. The summed E-state index contributed by atoms with van der Waals surface area (Å²) >= 11 is 5.74. The van der Waals surface area contributed by atoms with Crippen molar-refractivity contribution in [3.05, 3.63) is 52.8 Å². The lowest BCUT2D eigenvalue weighted by Crippen LogP contribution is -2.28. The Labute approximate surface area is 131 Å². The van der Waals surface area contributed by atoms with Gasteiger partial charge in [-0.15, -0.1) is 0 Å². The number of hydrogen-bond acceptors (Lipinski definition) is 4. The van der Waals surface area contributed by atoms with E-state index in [-0.39, 0.29) is 12.6 Å². The maximum atomic E-state index is 11.8. The molecule has 2 N–H and O–H groups in total. The number of pyridine rings is 1. The fourth-order valence-corrected chi connectivity index (χ4v) is 2.12. The van der Waals surface area contributed by atoms with E-state index in [4.69, 9.17) is 16.1 Å². The van der Waals surface area contributed by atoms with Crippen LogP contribution in [0.25, 0.3) is 11.0 Å². The SMILES string of the molecule is Cc1ccc2onc(CNC(=O)Nc3ccc(Cl)cn3)c2c1. The van der Waals surface area contributed by atoms with E-state index < -0.39 is 0 Å². The van der Waals surface area contributed by atoms with Crippen LogP contribution in [-0.2, 0) is 6.54 Å². The van der Waals surface area contributed by atoms with Crippen molar-refractivity contribution in [2.75, 3.05) is 5.32 Å². The van der Waals surface area contributed by atoms with Crippen LogP contribution in [0, 0.1) is 6.92 Å². The number of hydrogen-bond donors (Lipinski definition) is 2. The molecule has 2 heterocycles. The number of nitrogens with zero attached hydrogens (tertiary/aromatic N) is 2. The van der Waals surface area contributed by atoms with E-state index in [1.165, 1.54) is 6.20 Å². The summed E-state index contributed by atoms with van der Waals surface area (Å²) in [6.45, 7) is 2.25. The number of carbonyl (C=O) groups excluding carboxylic acids is 1. The molecule has 0 aliphatic carbocycles. The van der Waals surface area contributed by atoms with Crippen molar-refractivity contribution in [3.63, 3.8) is 0 Å². The van der Waals surface area contributed by atoms with Crippen LogP contribution in [0.1, 0.15) is 11.3 Å². The van der Waals surface area contributed by atoms with Gasteiger partial charge in [0.1, 0.15) is 11.5 Å². The maximum Gasteiger partial charge on any atom is 0.320 e. The first-order valence-electron chi connectivity index (χ1n) is 6.63. The highest BCUT2D eigenvalue weighted by Crippen LogP contribution is 2.19. The normalized spacial score (nSPS) is 10.6. The number of carbonyl (C=O) groups is 1. The molecule has 2 aromatic heterocycles. The molecule has 7 heteroatoms. The van der Waals surface area contributed by atoms with Gasteiger partial charge in [-0.1, -0.05) is 28.4 Å². The number of halogens is 1. The quantitative estimate of drug-likeness (QED) is 0.775. The third-order valence-electron chi connectivity index (χ3n) is 3.09. The number of fused-ring (bicyclic) bond motifs is 1. The molecule has 0 aliphatic heterocycles. The third-order valence-corrected chi connectivity index (χ3v) is 3.31. The zero-order valence-corrected chi connectivity index (χ0v) is 12.5. The minimum Gasteiger partial charge on any atom is -0.356 e. The van der Waals surface area contributed by atoms with E-state index >= 15 is 0 Å². The molecule has 0 bridgehead atoms. The summed E-state index contributed by atoms with van der Waals surface area (Å²) in [6, 6.07) is 8.68. The molecular weight excluding hydrogens is 304 g/mol. The number of benzene rings is 1. The Bertz CT molecular complexity index is 814. The van der Waals surface area contributed by atoms with Gasteiger partial charge in [-0.05, 0) is 31.2 Å². The molecule has 3 aromatic rings. The van der Waals surface area contributed by atoms with Gasteiger partial charge in [-0.25, -0.2) is 9.78 Å². The van der Waals surface area contributed by atoms with Gasteiger partial charge in [0.15, 0.2) is 5.58 Å². The van der Waals surface area contributed by atoms with Crippen LogP contribution < -0.4 is 10.6 Å². The highest BCUT2D eigenvalue weighted by molar-refractivity contribution is 6.30. The Morgan fingerprint density at radius 3 is 2.95 bits per heavy atom. The molecule has 0 saturated heterocycles. The molecule has 3 rings (SSSR count). The van der Waals surface area contributed by atoms with E-state index in [1.54, 1.807) is 12.1 Å². The van der Waals surface area contributed by atoms with Crippen LogP contribution in [0.2, 0.25) is 5.02 Å². The predicted molar refractivity (Wildman–Crippen MR) is 83.9 cm³/mol. The van der Waals surface area contributed by atoms with E-state index in [1.807, 2.05) is 25.1 Å². The summed E-state index contributed by atoms with van der Waals surface area (Å²) in [5, 5.41) is 10.7. The number of amides is 2. The fraction of sp³-hybridized carbons (Fsp3) is 0.133. The molecule has 0 unspecified atom stereocenters. The average molecular weight is 317 g/mol. The number of rotatable bonds is 3. The second-order valence-corrected chi connectivity index (χ2v) is 5.23. The van der Waals surface area contributed by atoms with Gasteiger partial charge in [0, 0.05) is 11.6 Å². The van der Waals surface area contributed by atoms with Crippen LogP contribution >= 0.6 is 11.6 Å². The van der Waals surface area contributed by atoms with E-state index in [9.17, 15) is 4.79 Å². The molecule has 0 saturated carbocycles. The Morgan fingerprint density at radius 2 is 2.18 bits per heavy atom. The van der Waals surface area contributed by atoms with Gasteiger partial charge in [-0.3, -0.25) is 5.32 Å². The lowest BCUT2D eigenvalue weighted by molar-refractivity contribution is 0.251. The lowest BCUT2D eigenvalue weighted by Gasteiger charge is -2.05. The number of nitrogens with one attached hydrogen (secondary N) is 2. The molecule has 0 spiro atoms. The largest absolute Gasteiger partial charge is 0.356 e. The summed E-state index contributed by atoms with van der Waals surface area (Å²) in [5.74, 6) is 0.419. The number of aromatic nitrogens is 2. The fourth-order valence-electron chi connectivity index (χ4n) is 2.00. The minimum atomic E-state index is -0.376. The van der Waals surface area contributed by atoms with Crippen molar-refractivity contribution in [1.82, 2.24) is 15.5 Å². The first-order valence-corrected chi connectivity index (χ1v) is 7.01. The molecular formula is C15H13ClN4O2. The van der Waals surface area contributed by atoms with Gasteiger partial charge in [-0.2, -0.15) is 0 Å². The van der Waals surface area contributed by atoms with Crippen molar-refractivity contribution < 1.29 is 9.32 Å². The molecule has 0 fully saturated rings. The molecule has 112 valence electrons. The predicted octanol–water partition coefficient (Wildman–Crippen LogP) is 3.51. The van der Waals surface area contributed by atoms with Gasteiger partial charge in [0.2, 0.25) is 0 Å². The number of anilines is 1. The lowest BCUT2D eigenvalue weighted by atomic mass is 10.1. The average Bonchev–Trinajstić information content (AvgIpc) is 2.90. The standard InChI is InChI=1S/C15H13ClN4O2/c1-9-2-4-13-11(6-9)12(20-22-13)8-18-15(21)19-14-5-3-10(16)7-17-14/h2-7H,8H2,1H3,(H2,17,18,19,21). The second kappa shape index (κ2) is 6.03. The van der Waals surface area contributed by atoms with Gasteiger partial charge >= 0.3 is 6.03 Å². The van der Waals surface area contributed by atoms with E-state index in [2.05, 4.69) is 20.8 Å². The van der Waals surface area contributed by atoms with E-state index in [0.717, 1.165) is 10.9 Å². The molecule has 0 radical (unpaired) electrons. The van der Waals surface area contributed by atoms with Crippen LogP contribution in [0.15, 0.2) is 41.1 Å². The zero-order chi connectivity index (χ0) is 15.5. The van der Waals surface area contributed by atoms with Gasteiger partial charge in [0.25, 0.3) is 0 Å². The topological polar surface area (TPSA) is 80.0 Å². The first-order chi connectivity index (χ1) is 10.6. The molecule has 2 amide bonds. The van der Waals surface area contributed by atoms with Crippen LogP contribution in [0.5, 0.6) is 0 Å². The minimum absolute atomic E-state index is 0.260. The Balaban J connectivity index is 1.64. The Kier molecular flexibility index (Phi) is 3.93. The second-order valence-electron chi connectivity index (χ2n) is 4.80. The Morgan fingerprint density at radius 1 is 1.32 bits per heavy atom. The monoisotopic (exact) mass is 316 g/mol. The van der Waals surface area contributed by atoms with Crippen molar-refractivity contribution in [1.29, 1.82) is 0 Å². The molecule has 6 nitrogen and oxygen atoms in total. The van der Waals surface area contributed by atoms with Crippen LogP contribution in [0.3, 0.4) is 0 Å². The van der Waals surface area contributed by atoms with Crippen molar-refractivity contribution in [2.24, 2.45) is 0 Å². The zero-order valence-electron chi connectivity index (χ0n) is 11.8. The summed E-state index contributed by atoms with van der Waals surface area (Å²) in [7, 11) is 0.